The van der Waals surface area contributed by atoms with Gasteiger partial charge in [0.25, 0.3) is 5.91 Å². The summed E-state index contributed by atoms with van der Waals surface area (Å²) >= 11 is 3.60. The second kappa shape index (κ2) is 6.69. The maximum atomic E-state index is 13.1. The Balaban J connectivity index is 1.37. The summed E-state index contributed by atoms with van der Waals surface area (Å²) in [4.78, 5) is 31.3. The lowest BCUT2D eigenvalue weighted by Gasteiger charge is -2.46. The van der Waals surface area contributed by atoms with Crippen LogP contribution in [0.5, 0.6) is 0 Å². The third kappa shape index (κ3) is 2.94. The van der Waals surface area contributed by atoms with Crippen LogP contribution >= 0.6 is 15.9 Å². The SMILES string of the molecule is O=C1CC2(CN1)CC(CN1C(=O)c3ccccc3C1Cc1ncccc1Br)C2. The molecule has 1 spiro atoms. The molecule has 2 amide bonds. The van der Waals surface area contributed by atoms with Crippen molar-refractivity contribution < 1.29 is 9.59 Å². The molecule has 1 N–H and O–H groups in total. The monoisotopic (exact) mass is 439 g/mol. The van der Waals surface area contributed by atoms with Crippen molar-refractivity contribution in [1.82, 2.24) is 15.2 Å². The molecular formula is C22H22BrN3O2. The van der Waals surface area contributed by atoms with E-state index in [-0.39, 0.29) is 23.3 Å². The first-order chi connectivity index (χ1) is 13.5. The van der Waals surface area contributed by atoms with Crippen LogP contribution in [0.4, 0.5) is 0 Å². The van der Waals surface area contributed by atoms with Crippen molar-refractivity contribution in [3.05, 3.63) is 63.9 Å². The molecule has 2 aromatic rings. The van der Waals surface area contributed by atoms with Crippen LogP contribution in [-0.4, -0.2) is 34.8 Å². The molecule has 1 aromatic heterocycles. The summed E-state index contributed by atoms with van der Waals surface area (Å²) in [5, 5.41) is 2.96. The van der Waals surface area contributed by atoms with Crippen LogP contribution in [0.2, 0.25) is 0 Å². The molecule has 144 valence electrons. The Hall–Kier alpha value is -2.21. The van der Waals surface area contributed by atoms with E-state index in [0.29, 0.717) is 18.8 Å². The van der Waals surface area contributed by atoms with Crippen molar-refractivity contribution in [2.45, 2.75) is 31.7 Å². The van der Waals surface area contributed by atoms with Crippen molar-refractivity contribution >= 4 is 27.7 Å². The van der Waals surface area contributed by atoms with Crippen LogP contribution in [0.1, 0.15) is 46.9 Å². The van der Waals surface area contributed by atoms with Gasteiger partial charge in [-0.3, -0.25) is 14.6 Å². The van der Waals surface area contributed by atoms with Gasteiger partial charge in [0.15, 0.2) is 0 Å². The highest BCUT2D eigenvalue weighted by Crippen LogP contribution is 2.51. The number of aromatic nitrogens is 1. The van der Waals surface area contributed by atoms with Gasteiger partial charge < -0.3 is 10.2 Å². The molecule has 1 aliphatic carbocycles. The number of amides is 2. The summed E-state index contributed by atoms with van der Waals surface area (Å²) < 4.78 is 0.977. The van der Waals surface area contributed by atoms with E-state index in [2.05, 4.69) is 32.3 Å². The zero-order valence-electron chi connectivity index (χ0n) is 15.5. The molecule has 5 nitrogen and oxygen atoms in total. The van der Waals surface area contributed by atoms with E-state index >= 15 is 0 Å². The summed E-state index contributed by atoms with van der Waals surface area (Å²) in [6.07, 6.45) is 5.18. The minimum Gasteiger partial charge on any atom is -0.356 e. The van der Waals surface area contributed by atoms with E-state index in [0.717, 1.165) is 47.2 Å². The number of hydrogen-bond donors (Lipinski definition) is 1. The standard InChI is InChI=1S/C22H22BrN3O2/c23-17-6-3-7-24-18(17)8-19-15-4-1-2-5-16(15)21(28)26(19)12-14-9-22(10-14)11-20(27)25-13-22/h1-7,14,19H,8-13H2,(H,25,27). The summed E-state index contributed by atoms with van der Waals surface area (Å²) in [5.41, 5.74) is 3.01. The van der Waals surface area contributed by atoms with Crippen LogP contribution in [0, 0.1) is 11.3 Å². The van der Waals surface area contributed by atoms with Gasteiger partial charge in [0.05, 0.1) is 11.7 Å². The van der Waals surface area contributed by atoms with E-state index < -0.39 is 0 Å². The van der Waals surface area contributed by atoms with Crippen LogP contribution in [0.3, 0.4) is 0 Å². The van der Waals surface area contributed by atoms with Crippen molar-refractivity contribution in [3.8, 4) is 0 Å². The predicted octanol–water partition coefficient (Wildman–Crippen LogP) is 3.50. The number of halogens is 1. The third-order valence-corrected chi connectivity index (χ3v) is 7.23. The highest BCUT2D eigenvalue weighted by atomic mass is 79.9. The largest absolute Gasteiger partial charge is 0.356 e. The number of hydrogen-bond acceptors (Lipinski definition) is 3. The zero-order valence-corrected chi connectivity index (χ0v) is 17.1. The smallest absolute Gasteiger partial charge is 0.254 e. The first kappa shape index (κ1) is 17.9. The number of benzene rings is 1. The molecule has 1 aromatic carbocycles. The van der Waals surface area contributed by atoms with Crippen molar-refractivity contribution in [1.29, 1.82) is 0 Å². The predicted molar refractivity (Wildman–Crippen MR) is 109 cm³/mol. The van der Waals surface area contributed by atoms with E-state index in [4.69, 9.17) is 0 Å². The molecule has 1 saturated heterocycles. The lowest BCUT2D eigenvalue weighted by atomic mass is 9.61. The fourth-order valence-electron chi connectivity index (χ4n) is 5.24. The minimum atomic E-state index is 0.00906. The normalized spacial score (nSPS) is 28.4. The molecule has 0 bridgehead atoms. The van der Waals surface area contributed by atoms with E-state index in [1.165, 1.54) is 0 Å². The van der Waals surface area contributed by atoms with Gasteiger partial charge in [0.2, 0.25) is 5.91 Å². The van der Waals surface area contributed by atoms with Crippen molar-refractivity contribution in [3.63, 3.8) is 0 Å². The number of carbonyl (C=O) groups is 2. The lowest BCUT2D eigenvalue weighted by molar-refractivity contribution is -0.120. The lowest BCUT2D eigenvalue weighted by Crippen LogP contribution is -2.45. The summed E-state index contributed by atoms with van der Waals surface area (Å²) in [6, 6.07) is 11.8. The second-order valence-corrected chi connectivity index (χ2v) is 9.28. The Morgan fingerprint density at radius 1 is 1.18 bits per heavy atom. The molecule has 1 saturated carbocycles. The van der Waals surface area contributed by atoms with Gasteiger partial charge in [-0.1, -0.05) is 18.2 Å². The molecule has 3 heterocycles. The second-order valence-electron chi connectivity index (χ2n) is 8.42. The summed E-state index contributed by atoms with van der Waals surface area (Å²) in [7, 11) is 0. The number of rotatable bonds is 4. The molecular weight excluding hydrogens is 418 g/mol. The number of carbonyl (C=O) groups excluding carboxylic acids is 2. The average Bonchev–Trinajstić information content (AvgIpc) is 3.17. The Morgan fingerprint density at radius 3 is 2.75 bits per heavy atom. The van der Waals surface area contributed by atoms with Crippen molar-refractivity contribution in [2.75, 3.05) is 13.1 Å². The van der Waals surface area contributed by atoms with Crippen LogP contribution < -0.4 is 5.32 Å². The van der Waals surface area contributed by atoms with Crippen molar-refractivity contribution in [2.24, 2.45) is 11.3 Å². The quantitative estimate of drug-likeness (QED) is 0.792. The Kier molecular flexibility index (Phi) is 4.27. The molecule has 0 radical (unpaired) electrons. The molecule has 1 unspecified atom stereocenters. The van der Waals surface area contributed by atoms with E-state index in [9.17, 15) is 9.59 Å². The molecule has 5 rings (SSSR count). The summed E-state index contributed by atoms with van der Waals surface area (Å²) in [5.74, 6) is 0.746. The summed E-state index contributed by atoms with van der Waals surface area (Å²) in [6.45, 7) is 1.54. The Bertz CT molecular complexity index is 954. The van der Waals surface area contributed by atoms with Crippen LogP contribution in [-0.2, 0) is 11.2 Å². The van der Waals surface area contributed by atoms with Gasteiger partial charge in [-0.05, 0) is 63.9 Å². The van der Waals surface area contributed by atoms with E-state index in [1.807, 2.05) is 35.2 Å². The topological polar surface area (TPSA) is 62.3 Å². The van der Waals surface area contributed by atoms with Gasteiger partial charge in [0, 0.05) is 42.2 Å². The molecule has 1 atom stereocenters. The van der Waals surface area contributed by atoms with Gasteiger partial charge in [-0.15, -0.1) is 0 Å². The molecule has 28 heavy (non-hydrogen) atoms. The maximum absolute atomic E-state index is 13.1. The highest BCUT2D eigenvalue weighted by molar-refractivity contribution is 9.10. The zero-order chi connectivity index (χ0) is 19.3. The highest BCUT2D eigenvalue weighted by Gasteiger charge is 2.50. The molecule has 3 aliphatic rings. The number of pyridine rings is 1. The fourth-order valence-corrected chi connectivity index (χ4v) is 5.66. The van der Waals surface area contributed by atoms with Gasteiger partial charge >= 0.3 is 0 Å². The maximum Gasteiger partial charge on any atom is 0.254 e. The number of nitrogens with one attached hydrogen (secondary N) is 1. The third-order valence-electron chi connectivity index (χ3n) is 6.50. The number of nitrogens with zero attached hydrogens (tertiary/aromatic N) is 2. The Morgan fingerprint density at radius 2 is 2.00 bits per heavy atom. The number of fused-ring (bicyclic) bond motifs is 1. The first-order valence-corrected chi connectivity index (χ1v) is 10.6. The van der Waals surface area contributed by atoms with Gasteiger partial charge in [-0.2, -0.15) is 0 Å². The molecule has 6 heteroatoms. The van der Waals surface area contributed by atoms with Crippen LogP contribution in [0.25, 0.3) is 0 Å². The van der Waals surface area contributed by atoms with Gasteiger partial charge in [-0.25, -0.2) is 0 Å². The molecule has 2 fully saturated rings. The van der Waals surface area contributed by atoms with E-state index in [1.54, 1.807) is 6.20 Å². The Labute approximate surface area is 172 Å². The fraction of sp³-hybridized carbons (Fsp3) is 0.409. The first-order valence-electron chi connectivity index (χ1n) is 9.81. The average molecular weight is 440 g/mol. The van der Waals surface area contributed by atoms with Crippen LogP contribution in [0.15, 0.2) is 47.1 Å². The minimum absolute atomic E-state index is 0.00906. The van der Waals surface area contributed by atoms with Gasteiger partial charge in [0.1, 0.15) is 0 Å². The molecule has 2 aliphatic heterocycles.